The molecule has 1 amide bonds. The molecule has 206 valence electrons. The molecule has 0 spiro atoms. The van der Waals surface area contributed by atoms with Gasteiger partial charge in [0.2, 0.25) is 9.84 Å². The second kappa shape index (κ2) is 13.1. The van der Waals surface area contributed by atoms with Crippen LogP contribution in [0.3, 0.4) is 0 Å². The molecule has 1 aromatic heterocycles. The molecule has 0 aliphatic carbocycles. The third-order valence-corrected chi connectivity index (χ3v) is 10.8. The molecule has 0 radical (unpaired) electrons. The molecule has 8 nitrogen and oxygen atoms in total. The van der Waals surface area contributed by atoms with Gasteiger partial charge in [0, 0.05) is 22.6 Å². The van der Waals surface area contributed by atoms with Crippen LogP contribution in [-0.4, -0.2) is 42.6 Å². The van der Waals surface area contributed by atoms with Crippen molar-refractivity contribution in [3.05, 3.63) is 106 Å². The number of nitro benzene ring substituents is 1. The highest BCUT2D eigenvalue weighted by molar-refractivity contribution is 7.94. The minimum atomic E-state index is -3.67. The summed E-state index contributed by atoms with van der Waals surface area (Å²) in [6.07, 6.45) is 6.78. The molecular formula is C29H33N3O5S2. The molecule has 2 aromatic carbocycles. The number of amides is 1. The summed E-state index contributed by atoms with van der Waals surface area (Å²) in [4.78, 5) is 25.5. The van der Waals surface area contributed by atoms with Crippen molar-refractivity contribution < 1.29 is 18.1 Å². The minimum Gasteiger partial charge on any atom is -0.347 e. The Morgan fingerprint density at radius 3 is 2.56 bits per heavy atom. The first-order chi connectivity index (χ1) is 18.8. The molecule has 1 N–H and O–H groups in total. The lowest BCUT2D eigenvalue weighted by atomic mass is 9.91. The third kappa shape index (κ3) is 7.40. The Kier molecular flexibility index (Phi) is 9.66. The average Bonchev–Trinajstić information content (AvgIpc) is 3.44. The lowest BCUT2D eigenvalue weighted by molar-refractivity contribution is -0.384. The van der Waals surface area contributed by atoms with E-state index in [0.29, 0.717) is 23.9 Å². The maximum absolute atomic E-state index is 13.5. The summed E-state index contributed by atoms with van der Waals surface area (Å²) in [6.45, 7) is 5.37. The van der Waals surface area contributed by atoms with Gasteiger partial charge in [-0.15, -0.1) is 17.9 Å². The summed E-state index contributed by atoms with van der Waals surface area (Å²) in [6, 6.07) is 19.2. The van der Waals surface area contributed by atoms with Crippen molar-refractivity contribution in [3.8, 4) is 0 Å². The maximum atomic E-state index is 13.5. The van der Waals surface area contributed by atoms with Crippen molar-refractivity contribution >= 4 is 32.8 Å². The summed E-state index contributed by atoms with van der Waals surface area (Å²) in [5.74, 6) is 0.133. The normalized spacial score (nSPS) is 15.5. The summed E-state index contributed by atoms with van der Waals surface area (Å²) < 4.78 is 27.2. The van der Waals surface area contributed by atoms with Crippen LogP contribution in [0.2, 0.25) is 0 Å². The van der Waals surface area contributed by atoms with E-state index in [4.69, 9.17) is 0 Å². The minimum absolute atomic E-state index is 0.120. The van der Waals surface area contributed by atoms with Gasteiger partial charge in [0.15, 0.2) is 0 Å². The summed E-state index contributed by atoms with van der Waals surface area (Å²) in [5, 5.41) is 12.9. The fraction of sp³-hybridized carbons (Fsp3) is 0.345. The Hall–Kier alpha value is -3.34. The zero-order valence-corrected chi connectivity index (χ0v) is 23.3. The van der Waals surface area contributed by atoms with Gasteiger partial charge in [0.1, 0.15) is 9.58 Å². The SMILES string of the molecule is C=CC(N1CCC(CCCc2ccccc2)CC1)S(=O)(=O)c1ccc(CNC(=O)c2cccc([N+](=O)[O-])c2)s1. The number of likely N-dealkylation sites (tertiary alicyclic amines) is 1. The number of non-ortho nitro benzene ring substituents is 1. The molecule has 1 fully saturated rings. The van der Waals surface area contributed by atoms with Crippen LogP contribution >= 0.6 is 11.3 Å². The van der Waals surface area contributed by atoms with Gasteiger partial charge in [-0.25, -0.2) is 8.42 Å². The van der Waals surface area contributed by atoms with E-state index in [-0.39, 0.29) is 22.0 Å². The number of nitrogens with one attached hydrogen (secondary N) is 1. The van der Waals surface area contributed by atoms with Crippen molar-refractivity contribution in [1.29, 1.82) is 0 Å². The van der Waals surface area contributed by atoms with E-state index in [1.54, 1.807) is 12.1 Å². The van der Waals surface area contributed by atoms with Crippen molar-refractivity contribution in [2.45, 2.75) is 48.2 Å². The predicted octanol–water partition coefficient (Wildman–Crippen LogP) is 5.61. The van der Waals surface area contributed by atoms with E-state index in [1.807, 2.05) is 11.0 Å². The molecule has 10 heteroatoms. The highest BCUT2D eigenvalue weighted by Gasteiger charge is 2.34. The van der Waals surface area contributed by atoms with Gasteiger partial charge >= 0.3 is 0 Å². The Balaban J connectivity index is 1.30. The number of hydrogen-bond acceptors (Lipinski definition) is 7. The maximum Gasteiger partial charge on any atom is 0.270 e. The highest BCUT2D eigenvalue weighted by atomic mass is 32.2. The fourth-order valence-electron chi connectivity index (χ4n) is 4.96. The summed E-state index contributed by atoms with van der Waals surface area (Å²) in [7, 11) is -3.67. The molecule has 3 aromatic rings. The lowest BCUT2D eigenvalue weighted by Gasteiger charge is -2.35. The Morgan fingerprint density at radius 1 is 1.13 bits per heavy atom. The van der Waals surface area contributed by atoms with Crippen LogP contribution in [0.15, 0.2) is 83.6 Å². The van der Waals surface area contributed by atoms with Crippen molar-refractivity contribution in [2.75, 3.05) is 13.1 Å². The number of nitrogens with zero attached hydrogens (tertiary/aromatic N) is 2. The second-order valence-electron chi connectivity index (χ2n) is 9.74. The second-order valence-corrected chi connectivity index (χ2v) is 13.2. The largest absolute Gasteiger partial charge is 0.347 e. The first-order valence-electron chi connectivity index (χ1n) is 13.0. The number of carbonyl (C=O) groups excluding carboxylic acids is 1. The quantitative estimate of drug-likeness (QED) is 0.173. The number of benzene rings is 2. The Morgan fingerprint density at radius 2 is 1.87 bits per heavy atom. The van der Waals surface area contributed by atoms with E-state index >= 15 is 0 Å². The molecule has 0 saturated carbocycles. The first kappa shape index (κ1) is 28.7. The zero-order valence-electron chi connectivity index (χ0n) is 21.7. The van der Waals surface area contributed by atoms with Gasteiger partial charge in [0.05, 0.1) is 11.5 Å². The van der Waals surface area contributed by atoms with Crippen molar-refractivity contribution in [3.63, 3.8) is 0 Å². The molecule has 0 bridgehead atoms. The van der Waals surface area contributed by atoms with Crippen molar-refractivity contribution in [1.82, 2.24) is 10.2 Å². The topological polar surface area (TPSA) is 110 Å². The van der Waals surface area contributed by atoms with Crippen LogP contribution in [0, 0.1) is 16.0 Å². The van der Waals surface area contributed by atoms with Crippen LogP contribution in [0.1, 0.15) is 46.5 Å². The number of thiophene rings is 1. The van der Waals surface area contributed by atoms with Crippen LogP contribution in [0.25, 0.3) is 0 Å². The average molecular weight is 568 g/mol. The molecule has 2 heterocycles. The van der Waals surface area contributed by atoms with E-state index < -0.39 is 26.0 Å². The van der Waals surface area contributed by atoms with Crippen molar-refractivity contribution in [2.24, 2.45) is 5.92 Å². The molecule has 1 unspecified atom stereocenters. The van der Waals surface area contributed by atoms with E-state index in [0.717, 1.165) is 43.4 Å². The van der Waals surface area contributed by atoms with E-state index in [1.165, 1.54) is 35.9 Å². The van der Waals surface area contributed by atoms with Crippen LogP contribution in [0.4, 0.5) is 5.69 Å². The third-order valence-electron chi connectivity index (χ3n) is 7.11. The van der Waals surface area contributed by atoms with Crippen LogP contribution in [-0.2, 0) is 22.8 Å². The number of aryl methyl sites for hydroxylation is 1. The van der Waals surface area contributed by atoms with Gasteiger partial charge in [-0.1, -0.05) is 48.9 Å². The fourth-order valence-corrected chi connectivity index (χ4v) is 8.07. The molecule has 39 heavy (non-hydrogen) atoms. The molecule has 1 saturated heterocycles. The van der Waals surface area contributed by atoms with Gasteiger partial charge in [0.25, 0.3) is 11.6 Å². The van der Waals surface area contributed by atoms with Gasteiger partial charge in [-0.05, 0) is 68.5 Å². The van der Waals surface area contributed by atoms with Gasteiger partial charge in [-0.2, -0.15) is 0 Å². The number of nitro groups is 1. The molecular weight excluding hydrogens is 534 g/mol. The van der Waals surface area contributed by atoms with Gasteiger partial charge < -0.3 is 5.32 Å². The standard InChI is InChI=1S/C29H33N3O5S2/c1-2-27(31-18-16-23(17-19-31)11-6-10-22-8-4-3-5-9-22)39(36,37)28-15-14-26(38-28)21-30-29(33)24-12-7-13-25(20-24)32(34)35/h2-5,7-9,12-15,20,23,27H,1,6,10-11,16-19,21H2,(H,30,33). The molecule has 4 rings (SSSR count). The molecule has 1 atom stereocenters. The monoisotopic (exact) mass is 567 g/mol. The Labute approximate surface area is 233 Å². The lowest BCUT2D eigenvalue weighted by Crippen LogP contribution is -2.44. The molecule has 1 aliphatic heterocycles. The number of rotatable bonds is 12. The Bertz CT molecular complexity index is 1400. The van der Waals surface area contributed by atoms with E-state index in [2.05, 4.69) is 36.2 Å². The smallest absolute Gasteiger partial charge is 0.270 e. The molecule has 1 aliphatic rings. The number of piperidine rings is 1. The van der Waals surface area contributed by atoms with Crippen LogP contribution in [0.5, 0.6) is 0 Å². The highest BCUT2D eigenvalue weighted by Crippen LogP contribution is 2.31. The zero-order chi connectivity index (χ0) is 27.8. The number of carbonyl (C=O) groups is 1. The van der Waals surface area contributed by atoms with E-state index in [9.17, 15) is 23.3 Å². The number of hydrogen-bond donors (Lipinski definition) is 1. The van der Waals surface area contributed by atoms with Gasteiger partial charge in [-0.3, -0.25) is 19.8 Å². The number of sulfone groups is 1. The van der Waals surface area contributed by atoms with Crippen LogP contribution < -0.4 is 5.32 Å². The summed E-state index contributed by atoms with van der Waals surface area (Å²) >= 11 is 1.12. The summed E-state index contributed by atoms with van der Waals surface area (Å²) in [5.41, 5.74) is 1.36. The predicted molar refractivity (Wildman–Crippen MR) is 153 cm³/mol. The first-order valence-corrected chi connectivity index (χ1v) is 15.4.